The summed E-state index contributed by atoms with van der Waals surface area (Å²) in [4.78, 5) is 29.1. The number of aromatic nitrogens is 1. The van der Waals surface area contributed by atoms with Gasteiger partial charge in [0.1, 0.15) is 4.88 Å². The maximum atomic E-state index is 14.1. The van der Waals surface area contributed by atoms with Crippen molar-refractivity contribution in [1.82, 2.24) is 0 Å². The van der Waals surface area contributed by atoms with E-state index in [0.29, 0.717) is 21.5 Å². The van der Waals surface area contributed by atoms with Crippen LogP contribution in [-0.2, 0) is 4.79 Å². The molecular weight excluding hydrogens is 516 g/mol. The zero-order valence-electron chi connectivity index (χ0n) is 22.7. The van der Waals surface area contributed by atoms with Gasteiger partial charge in [0.25, 0.3) is 5.03 Å². The van der Waals surface area contributed by atoms with Crippen molar-refractivity contribution in [3.63, 3.8) is 0 Å². The van der Waals surface area contributed by atoms with Crippen molar-refractivity contribution >= 4 is 40.7 Å². The molecule has 1 N–H and O–H groups in total. The molecule has 0 radical (unpaired) electrons. The summed E-state index contributed by atoms with van der Waals surface area (Å²) in [6, 6.07) is 7.20. The van der Waals surface area contributed by atoms with Crippen molar-refractivity contribution in [3.8, 4) is 11.8 Å². The average molecular weight is 555 g/mol. The third-order valence-electron chi connectivity index (χ3n) is 7.41. The number of carboxylic acids is 1. The number of hydrogen-bond acceptors (Lipinski definition) is 5. The van der Waals surface area contributed by atoms with Gasteiger partial charge in [0, 0.05) is 34.8 Å². The molecule has 4 rings (SSSR count). The van der Waals surface area contributed by atoms with Crippen molar-refractivity contribution in [2.75, 3.05) is 4.90 Å². The fraction of sp³-hybridized carbons (Fsp3) is 0.567. The molecule has 0 aromatic carbocycles. The molecule has 2 heterocycles. The summed E-state index contributed by atoms with van der Waals surface area (Å²) in [6.45, 7) is 8.30. The lowest BCUT2D eigenvalue weighted by Crippen LogP contribution is -2.47. The highest BCUT2D eigenvalue weighted by atomic mass is 32.2. The molecule has 0 spiro atoms. The highest BCUT2D eigenvalue weighted by molar-refractivity contribution is 7.99. The molecule has 2 saturated carbocycles. The van der Waals surface area contributed by atoms with E-state index in [1.54, 1.807) is 17.8 Å². The predicted molar refractivity (Wildman–Crippen MR) is 154 cm³/mol. The van der Waals surface area contributed by atoms with Gasteiger partial charge in [-0.25, -0.2) is 4.79 Å². The van der Waals surface area contributed by atoms with Crippen molar-refractivity contribution in [2.24, 2.45) is 17.3 Å². The summed E-state index contributed by atoms with van der Waals surface area (Å²) in [5.41, 5.74) is 0.291. The van der Waals surface area contributed by atoms with Gasteiger partial charge in [-0.3, -0.25) is 4.79 Å². The zero-order valence-corrected chi connectivity index (χ0v) is 24.4. The van der Waals surface area contributed by atoms with E-state index < -0.39 is 5.97 Å². The van der Waals surface area contributed by atoms with Crippen LogP contribution in [0.5, 0.6) is 0 Å². The van der Waals surface area contributed by atoms with E-state index in [-0.39, 0.29) is 33.4 Å². The van der Waals surface area contributed by atoms with Crippen molar-refractivity contribution in [2.45, 2.75) is 95.4 Å². The predicted octanol–water partition coefficient (Wildman–Crippen LogP) is 6.74. The van der Waals surface area contributed by atoms with Gasteiger partial charge >= 0.3 is 5.97 Å². The minimum Gasteiger partial charge on any atom is -0.618 e. The Bertz CT molecular complexity index is 1210. The monoisotopic (exact) mass is 554 g/mol. The second-order valence-electron chi connectivity index (χ2n) is 11.7. The standard InChI is InChI=1S/C30H38N2O4S2/c1-20-8-10-21(11-9-20)28(33)32(25-19-24(16-17-30(2,3)4)38-27(25)29(34)35)22-12-14-23(15-13-22)37-26-7-5-6-18-31(26)36/h5-7,18-23H,8-15H2,1-4H3,(H,34,35)/t20-,21-,22-,23-. The lowest BCUT2D eigenvalue weighted by Gasteiger charge is -2.39. The molecule has 1 amide bonds. The summed E-state index contributed by atoms with van der Waals surface area (Å²) in [5, 5.41) is 23.2. The van der Waals surface area contributed by atoms with Gasteiger partial charge in [-0.05, 0) is 90.2 Å². The van der Waals surface area contributed by atoms with Gasteiger partial charge in [-0.1, -0.05) is 30.5 Å². The lowest BCUT2D eigenvalue weighted by molar-refractivity contribution is -0.645. The van der Waals surface area contributed by atoms with Crippen LogP contribution < -0.4 is 9.63 Å². The Balaban J connectivity index is 1.61. The zero-order chi connectivity index (χ0) is 27.4. The van der Waals surface area contributed by atoms with E-state index in [9.17, 15) is 19.9 Å². The van der Waals surface area contributed by atoms with Gasteiger partial charge in [0.15, 0.2) is 6.20 Å². The fourth-order valence-corrected chi connectivity index (χ4v) is 7.33. The number of anilines is 1. The number of thioether (sulfide) groups is 1. The number of amides is 1. The van der Waals surface area contributed by atoms with Crippen LogP contribution >= 0.6 is 23.1 Å². The average Bonchev–Trinajstić information content (AvgIpc) is 3.29. The number of rotatable bonds is 6. The maximum absolute atomic E-state index is 14.1. The van der Waals surface area contributed by atoms with E-state index in [1.807, 2.05) is 43.9 Å². The summed E-state index contributed by atoms with van der Waals surface area (Å²) in [6.07, 6.45) is 8.54. The largest absolute Gasteiger partial charge is 0.618 e. The van der Waals surface area contributed by atoms with E-state index in [2.05, 4.69) is 18.8 Å². The minimum absolute atomic E-state index is 0.0593. The lowest BCUT2D eigenvalue weighted by atomic mass is 9.81. The van der Waals surface area contributed by atoms with Crippen LogP contribution in [0.3, 0.4) is 0 Å². The van der Waals surface area contributed by atoms with E-state index in [0.717, 1.165) is 67.4 Å². The van der Waals surface area contributed by atoms with Gasteiger partial charge in [0.2, 0.25) is 5.91 Å². The van der Waals surface area contributed by atoms with E-state index in [4.69, 9.17) is 0 Å². The number of carboxylic acid groups (broad SMARTS) is 1. The Labute approximate surface area is 234 Å². The fourth-order valence-electron chi connectivity index (χ4n) is 5.32. The number of pyridine rings is 1. The summed E-state index contributed by atoms with van der Waals surface area (Å²) in [5.74, 6) is 5.94. The van der Waals surface area contributed by atoms with Gasteiger partial charge in [-0.15, -0.1) is 11.3 Å². The number of carbonyl (C=O) groups is 2. The third kappa shape index (κ3) is 7.12. The van der Waals surface area contributed by atoms with Crippen LogP contribution in [0.2, 0.25) is 0 Å². The van der Waals surface area contributed by atoms with E-state index in [1.165, 1.54) is 6.20 Å². The number of nitrogens with zero attached hydrogens (tertiary/aromatic N) is 2. The van der Waals surface area contributed by atoms with Gasteiger partial charge < -0.3 is 15.2 Å². The second kappa shape index (κ2) is 12.1. The highest BCUT2D eigenvalue weighted by Crippen LogP contribution is 2.41. The van der Waals surface area contributed by atoms with Crippen molar-refractivity contribution in [3.05, 3.63) is 45.4 Å². The molecule has 0 atom stereocenters. The number of hydrogen-bond donors (Lipinski definition) is 1. The Hall–Kier alpha value is -2.50. The first-order valence-corrected chi connectivity index (χ1v) is 15.3. The molecule has 6 nitrogen and oxygen atoms in total. The van der Waals surface area contributed by atoms with E-state index >= 15 is 0 Å². The Morgan fingerprint density at radius 3 is 2.39 bits per heavy atom. The SMILES string of the molecule is CC(C)(C)C#Cc1cc(N(C(=O)[C@H]2CC[C@H](C)CC2)[C@H]2CC[C@H](Sc3cccc[n+]3[O-])CC2)c(C(=O)O)s1. The molecule has 0 saturated heterocycles. The second-order valence-corrected chi connectivity index (χ2v) is 14.1. The quantitative estimate of drug-likeness (QED) is 0.243. The van der Waals surface area contributed by atoms with Crippen LogP contribution in [0.25, 0.3) is 0 Å². The van der Waals surface area contributed by atoms with Crippen LogP contribution in [0.4, 0.5) is 5.69 Å². The topological polar surface area (TPSA) is 84.5 Å². The number of carbonyl (C=O) groups excluding carboxylic acids is 1. The molecule has 2 aromatic rings. The molecule has 2 aliphatic carbocycles. The summed E-state index contributed by atoms with van der Waals surface area (Å²) < 4.78 is 0.904. The molecule has 0 unspecified atom stereocenters. The maximum Gasteiger partial charge on any atom is 0.348 e. The first-order valence-electron chi connectivity index (χ1n) is 13.6. The normalized spacial score (nSPS) is 23.8. The number of thiophene rings is 1. The van der Waals surface area contributed by atoms with Crippen molar-refractivity contribution in [1.29, 1.82) is 0 Å². The molecule has 0 aliphatic heterocycles. The molecule has 2 aliphatic rings. The molecule has 204 valence electrons. The molecule has 8 heteroatoms. The van der Waals surface area contributed by atoms with Crippen LogP contribution in [-0.4, -0.2) is 28.3 Å². The third-order valence-corrected chi connectivity index (χ3v) is 9.80. The first kappa shape index (κ1) is 28.5. The van der Waals surface area contributed by atoms with Crippen LogP contribution in [0.1, 0.15) is 93.6 Å². The van der Waals surface area contributed by atoms with Crippen LogP contribution in [0.15, 0.2) is 35.5 Å². The molecule has 0 bridgehead atoms. The smallest absolute Gasteiger partial charge is 0.348 e. The van der Waals surface area contributed by atoms with Gasteiger partial charge in [0.05, 0.1) is 10.6 Å². The van der Waals surface area contributed by atoms with Gasteiger partial charge in [-0.2, -0.15) is 4.73 Å². The minimum atomic E-state index is -1.02. The van der Waals surface area contributed by atoms with Crippen LogP contribution in [0, 0.1) is 34.3 Å². The molecule has 2 fully saturated rings. The Morgan fingerprint density at radius 2 is 1.79 bits per heavy atom. The first-order chi connectivity index (χ1) is 18.0. The Morgan fingerprint density at radius 1 is 1.11 bits per heavy atom. The summed E-state index contributed by atoms with van der Waals surface area (Å²) >= 11 is 2.76. The Kier molecular flexibility index (Phi) is 9.10. The molecular formula is C30H38N2O4S2. The molecule has 2 aromatic heterocycles. The summed E-state index contributed by atoms with van der Waals surface area (Å²) in [7, 11) is 0. The number of aromatic carboxylic acids is 1. The highest BCUT2D eigenvalue weighted by Gasteiger charge is 2.38. The van der Waals surface area contributed by atoms with Crippen molar-refractivity contribution < 1.29 is 19.4 Å². The molecule has 38 heavy (non-hydrogen) atoms.